The summed E-state index contributed by atoms with van der Waals surface area (Å²) >= 11 is 0. The summed E-state index contributed by atoms with van der Waals surface area (Å²) < 4.78 is 0. The number of rotatable bonds is 9. The minimum absolute atomic E-state index is 0.338. The third-order valence-electron chi connectivity index (χ3n) is 3.25. The van der Waals surface area contributed by atoms with Crippen molar-refractivity contribution in [1.29, 1.82) is 0 Å². The lowest BCUT2D eigenvalue weighted by Gasteiger charge is -2.17. The average molecular weight is 264 g/mol. The topological polar surface area (TPSA) is 52.6 Å². The smallest absolute Gasteiger partial charge is 0.335 e. The van der Waals surface area contributed by atoms with E-state index in [-0.39, 0.29) is 0 Å². The number of carboxylic acid groups (broad SMARTS) is 1. The zero-order valence-corrected chi connectivity index (χ0v) is 11.9. The summed E-state index contributed by atoms with van der Waals surface area (Å²) in [6.07, 6.45) is 1.13. The van der Waals surface area contributed by atoms with E-state index in [1.54, 1.807) is 12.1 Å². The van der Waals surface area contributed by atoms with Crippen LogP contribution >= 0.6 is 0 Å². The van der Waals surface area contributed by atoms with Crippen molar-refractivity contribution < 1.29 is 9.90 Å². The molecule has 2 N–H and O–H groups in total. The van der Waals surface area contributed by atoms with Crippen LogP contribution in [-0.2, 0) is 6.54 Å². The van der Waals surface area contributed by atoms with Crippen LogP contribution in [0.15, 0.2) is 24.3 Å². The van der Waals surface area contributed by atoms with Crippen molar-refractivity contribution in [2.75, 3.05) is 26.2 Å². The lowest BCUT2D eigenvalue weighted by molar-refractivity contribution is 0.0697. The molecule has 4 nitrogen and oxygen atoms in total. The molecular formula is C15H24N2O2. The van der Waals surface area contributed by atoms with Gasteiger partial charge in [-0.3, -0.25) is 0 Å². The molecule has 4 heteroatoms. The Morgan fingerprint density at radius 3 is 2.37 bits per heavy atom. The molecule has 0 saturated carbocycles. The Kier molecular flexibility index (Phi) is 7.15. The largest absolute Gasteiger partial charge is 0.478 e. The molecule has 0 aromatic heterocycles. The SMILES string of the molecule is CCN(CC)CCCNCc1ccc(C(=O)O)cc1. The van der Waals surface area contributed by atoms with Crippen molar-refractivity contribution in [2.45, 2.75) is 26.8 Å². The molecule has 0 fully saturated rings. The van der Waals surface area contributed by atoms with Crippen LogP contribution in [0.4, 0.5) is 0 Å². The zero-order chi connectivity index (χ0) is 14.1. The zero-order valence-electron chi connectivity index (χ0n) is 11.9. The molecule has 0 bridgehead atoms. The van der Waals surface area contributed by atoms with E-state index in [0.29, 0.717) is 5.56 Å². The summed E-state index contributed by atoms with van der Waals surface area (Å²) in [6.45, 7) is 9.47. The Morgan fingerprint density at radius 2 is 1.84 bits per heavy atom. The van der Waals surface area contributed by atoms with Gasteiger partial charge in [0, 0.05) is 6.54 Å². The first-order valence-electron chi connectivity index (χ1n) is 6.92. The summed E-state index contributed by atoms with van der Waals surface area (Å²) in [5.41, 5.74) is 1.46. The van der Waals surface area contributed by atoms with Gasteiger partial charge in [0.2, 0.25) is 0 Å². The quantitative estimate of drug-likeness (QED) is 0.671. The summed E-state index contributed by atoms with van der Waals surface area (Å²) in [5, 5.41) is 12.2. The monoisotopic (exact) mass is 264 g/mol. The number of carbonyl (C=O) groups is 1. The van der Waals surface area contributed by atoms with Crippen LogP contribution in [0.1, 0.15) is 36.2 Å². The second kappa shape index (κ2) is 8.67. The van der Waals surface area contributed by atoms with Gasteiger partial charge in [0.1, 0.15) is 0 Å². The Morgan fingerprint density at radius 1 is 1.21 bits per heavy atom. The maximum atomic E-state index is 10.7. The molecule has 1 rings (SSSR count). The highest BCUT2D eigenvalue weighted by Crippen LogP contribution is 2.04. The molecule has 0 unspecified atom stereocenters. The predicted octanol–water partition coefficient (Wildman–Crippen LogP) is 2.21. The number of hydrogen-bond donors (Lipinski definition) is 2. The normalized spacial score (nSPS) is 10.9. The highest BCUT2D eigenvalue weighted by molar-refractivity contribution is 5.87. The molecule has 1 aromatic rings. The number of hydrogen-bond acceptors (Lipinski definition) is 3. The third kappa shape index (κ3) is 5.85. The van der Waals surface area contributed by atoms with Gasteiger partial charge >= 0.3 is 5.97 Å². The molecule has 0 saturated heterocycles. The number of aromatic carboxylic acids is 1. The summed E-state index contributed by atoms with van der Waals surface area (Å²) in [4.78, 5) is 13.1. The molecule has 0 heterocycles. The van der Waals surface area contributed by atoms with E-state index in [4.69, 9.17) is 5.11 Å². The molecule has 19 heavy (non-hydrogen) atoms. The van der Waals surface area contributed by atoms with Crippen LogP contribution in [-0.4, -0.2) is 42.2 Å². The van der Waals surface area contributed by atoms with Crippen molar-refractivity contribution in [2.24, 2.45) is 0 Å². The molecular weight excluding hydrogens is 240 g/mol. The predicted molar refractivity (Wildman–Crippen MR) is 77.5 cm³/mol. The van der Waals surface area contributed by atoms with Crippen molar-refractivity contribution in [1.82, 2.24) is 10.2 Å². The fraction of sp³-hybridized carbons (Fsp3) is 0.533. The Hall–Kier alpha value is -1.39. The number of benzene rings is 1. The summed E-state index contributed by atoms with van der Waals surface area (Å²) in [6, 6.07) is 7.02. The van der Waals surface area contributed by atoms with E-state index < -0.39 is 5.97 Å². The number of nitrogens with zero attached hydrogens (tertiary/aromatic N) is 1. The van der Waals surface area contributed by atoms with Gasteiger partial charge in [-0.1, -0.05) is 26.0 Å². The van der Waals surface area contributed by atoms with Crippen LogP contribution in [0.3, 0.4) is 0 Å². The summed E-state index contributed by atoms with van der Waals surface area (Å²) in [7, 11) is 0. The molecule has 0 spiro atoms. The van der Waals surface area contributed by atoms with Crippen molar-refractivity contribution in [3.05, 3.63) is 35.4 Å². The molecule has 0 aliphatic carbocycles. The van der Waals surface area contributed by atoms with Crippen LogP contribution in [0.25, 0.3) is 0 Å². The minimum atomic E-state index is -0.876. The van der Waals surface area contributed by atoms with E-state index in [1.165, 1.54) is 0 Å². The molecule has 106 valence electrons. The van der Waals surface area contributed by atoms with Gasteiger partial charge in [-0.2, -0.15) is 0 Å². The maximum Gasteiger partial charge on any atom is 0.335 e. The van der Waals surface area contributed by atoms with Gasteiger partial charge in [-0.15, -0.1) is 0 Å². The highest BCUT2D eigenvalue weighted by atomic mass is 16.4. The standard InChI is InChI=1S/C15H24N2O2/c1-3-17(4-2)11-5-10-16-12-13-6-8-14(9-7-13)15(18)19/h6-9,16H,3-5,10-12H2,1-2H3,(H,18,19). The fourth-order valence-electron chi connectivity index (χ4n) is 1.97. The first-order chi connectivity index (χ1) is 9.17. The maximum absolute atomic E-state index is 10.7. The van der Waals surface area contributed by atoms with Gasteiger partial charge in [-0.05, 0) is 50.3 Å². The number of nitrogens with one attached hydrogen (secondary N) is 1. The van der Waals surface area contributed by atoms with E-state index in [0.717, 1.165) is 44.7 Å². The molecule has 0 amide bonds. The van der Waals surface area contributed by atoms with Crippen molar-refractivity contribution >= 4 is 5.97 Å². The van der Waals surface area contributed by atoms with Crippen LogP contribution in [0.2, 0.25) is 0 Å². The highest BCUT2D eigenvalue weighted by Gasteiger charge is 2.01. The second-order valence-corrected chi connectivity index (χ2v) is 4.56. The molecule has 1 aromatic carbocycles. The van der Waals surface area contributed by atoms with E-state index in [1.807, 2.05) is 12.1 Å². The van der Waals surface area contributed by atoms with E-state index in [2.05, 4.69) is 24.1 Å². The van der Waals surface area contributed by atoms with Gasteiger partial charge < -0.3 is 15.3 Å². The first kappa shape index (κ1) is 15.7. The third-order valence-corrected chi connectivity index (χ3v) is 3.25. The van der Waals surface area contributed by atoms with E-state index >= 15 is 0 Å². The van der Waals surface area contributed by atoms with Crippen LogP contribution in [0, 0.1) is 0 Å². The second-order valence-electron chi connectivity index (χ2n) is 4.56. The molecule has 0 aliphatic heterocycles. The van der Waals surface area contributed by atoms with Crippen molar-refractivity contribution in [3.8, 4) is 0 Å². The number of carboxylic acids is 1. The molecule has 0 aliphatic rings. The Balaban J connectivity index is 2.20. The Labute approximate surface area is 115 Å². The van der Waals surface area contributed by atoms with E-state index in [9.17, 15) is 4.79 Å². The lowest BCUT2D eigenvalue weighted by Crippen LogP contribution is -2.27. The fourth-order valence-corrected chi connectivity index (χ4v) is 1.97. The van der Waals surface area contributed by atoms with Gasteiger partial charge in [0.05, 0.1) is 5.56 Å². The average Bonchev–Trinajstić information content (AvgIpc) is 2.43. The lowest BCUT2D eigenvalue weighted by atomic mass is 10.1. The van der Waals surface area contributed by atoms with Gasteiger partial charge in [0.15, 0.2) is 0 Å². The molecule has 0 atom stereocenters. The molecule has 0 radical (unpaired) electrons. The van der Waals surface area contributed by atoms with Crippen LogP contribution < -0.4 is 5.32 Å². The Bertz CT molecular complexity index is 372. The van der Waals surface area contributed by atoms with Crippen LogP contribution in [0.5, 0.6) is 0 Å². The van der Waals surface area contributed by atoms with Crippen molar-refractivity contribution in [3.63, 3.8) is 0 Å². The van der Waals surface area contributed by atoms with Gasteiger partial charge in [0.25, 0.3) is 0 Å². The summed E-state index contributed by atoms with van der Waals surface area (Å²) in [5.74, 6) is -0.876. The minimum Gasteiger partial charge on any atom is -0.478 e. The first-order valence-corrected chi connectivity index (χ1v) is 6.92. The van der Waals surface area contributed by atoms with Gasteiger partial charge in [-0.25, -0.2) is 4.79 Å².